The normalized spacial score (nSPS) is 10.6. The van der Waals surface area contributed by atoms with Crippen LogP contribution >= 0.6 is 11.3 Å². The molecule has 28 heavy (non-hydrogen) atoms. The zero-order valence-electron chi connectivity index (χ0n) is 15.4. The van der Waals surface area contributed by atoms with E-state index in [2.05, 4.69) is 25.8 Å². The zero-order valence-corrected chi connectivity index (χ0v) is 16.2. The van der Waals surface area contributed by atoms with Gasteiger partial charge < -0.3 is 9.47 Å². The van der Waals surface area contributed by atoms with Gasteiger partial charge in [0.15, 0.2) is 0 Å². The molecule has 3 rings (SSSR count). The Kier molecular flexibility index (Phi) is 6.53. The first-order valence-corrected chi connectivity index (χ1v) is 9.25. The van der Waals surface area contributed by atoms with E-state index in [9.17, 15) is 4.79 Å². The van der Waals surface area contributed by atoms with Gasteiger partial charge in [0.05, 0.1) is 17.8 Å². The van der Waals surface area contributed by atoms with Crippen LogP contribution in [0.1, 0.15) is 16.3 Å². The maximum Gasteiger partial charge on any atom is 0.262 e. The number of aryl methyl sites for hydroxylation is 1. The Morgan fingerprint density at radius 1 is 1.29 bits per heavy atom. The fraction of sp³-hybridized carbons (Fsp3) is 0.158. The van der Waals surface area contributed by atoms with E-state index < -0.39 is 0 Å². The molecule has 0 aliphatic carbocycles. The van der Waals surface area contributed by atoms with Crippen molar-refractivity contribution < 1.29 is 14.3 Å². The number of thiazole rings is 1. The highest BCUT2D eigenvalue weighted by Crippen LogP contribution is 2.17. The van der Waals surface area contributed by atoms with E-state index in [-0.39, 0.29) is 11.9 Å². The summed E-state index contributed by atoms with van der Waals surface area (Å²) in [7, 11) is 1.50. The monoisotopic (exact) mass is 397 g/mol. The van der Waals surface area contributed by atoms with E-state index in [4.69, 9.17) is 9.47 Å². The van der Waals surface area contributed by atoms with Gasteiger partial charge in [0.25, 0.3) is 5.91 Å². The molecule has 0 aliphatic heterocycles. The number of hydrazine groups is 1. The van der Waals surface area contributed by atoms with Crippen LogP contribution in [0.5, 0.6) is 11.6 Å². The molecule has 0 radical (unpaired) electrons. The van der Waals surface area contributed by atoms with E-state index >= 15 is 0 Å². The minimum absolute atomic E-state index is 0.230. The SMILES string of the molecule is COc1ccnc(NNC(=O)/C=C/c2cccc(OCc3csc(C)n3)c2)n1. The average Bonchev–Trinajstić information content (AvgIpc) is 3.15. The Hall–Kier alpha value is -3.46. The van der Waals surface area contributed by atoms with Crippen molar-refractivity contribution in [3.05, 3.63) is 64.2 Å². The number of hydrogen-bond acceptors (Lipinski definition) is 8. The van der Waals surface area contributed by atoms with Crippen molar-refractivity contribution in [2.75, 3.05) is 12.5 Å². The minimum atomic E-state index is -0.351. The molecule has 0 bridgehead atoms. The molecular weight excluding hydrogens is 378 g/mol. The van der Waals surface area contributed by atoms with Crippen LogP contribution in [0.25, 0.3) is 6.08 Å². The number of benzene rings is 1. The molecule has 0 fully saturated rings. The highest BCUT2D eigenvalue weighted by molar-refractivity contribution is 7.09. The molecule has 144 valence electrons. The maximum atomic E-state index is 12.0. The van der Waals surface area contributed by atoms with Gasteiger partial charge in [-0.3, -0.25) is 15.6 Å². The van der Waals surface area contributed by atoms with Crippen molar-refractivity contribution in [3.8, 4) is 11.6 Å². The molecule has 2 aromatic heterocycles. The first-order chi connectivity index (χ1) is 13.6. The van der Waals surface area contributed by atoms with Gasteiger partial charge in [0, 0.05) is 23.7 Å². The third kappa shape index (κ3) is 5.78. The van der Waals surface area contributed by atoms with E-state index in [1.165, 1.54) is 19.4 Å². The van der Waals surface area contributed by atoms with Gasteiger partial charge in [0.1, 0.15) is 12.4 Å². The molecule has 0 aliphatic rings. The van der Waals surface area contributed by atoms with Crippen LogP contribution in [0.4, 0.5) is 5.95 Å². The summed E-state index contributed by atoms with van der Waals surface area (Å²) >= 11 is 1.59. The molecule has 1 aromatic carbocycles. The number of carbonyl (C=O) groups excluding carboxylic acids is 1. The number of aromatic nitrogens is 3. The summed E-state index contributed by atoms with van der Waals surface area (Å²) in [4.78, 5) is 24.3. The lowest BCUT2D eigenvalue weighted by atomic mass is 10.2. The minimum Gasteiger partial charge on any atom is -0.487 e. The van der Waals surface area contributed by atoms with Gasteiger partial charge in [-0.25, -0.2) is 9.97 Å². The van der Waals surface area contributed by atoms with Gasteiger partial charge >= 0.3 is 0 Å². The van der Waals surface area contributed by atoms with E-state index in [1.54, 1.807) is 23.5 Å². The maximum absolute atomic E-state index is 12.0. The van der Waals surface area contributed by atoms with Crippen molar-refractivity contribution in [1.82, 2.24) is 20.4 Å². The first-order valence-electron chi connectivity index (χ1n) is 8.37. The Bertz CT molecular complexity index is 973. The summed E-state index contributed by atoms with van der Waals surface area (Å²) in [6.07, 6.45) is 4.61. The van der Waals surface area contributed by atoms with Crippen molar-refractivity contribution in [2.24, 2.45) is 0 Å². The molecule has 0 saturated heterocycles. The van der Waals surface area contributed by atoms with Gasteiger partial charge in [-0.2, -0.15) is 4.98 Å². The predicted molar refractivity (Wildman–Crippen MR) is 107 cm³/mol. The van der Waals surface area contributed by atoms with Crippen LogP contribution in [0.15, 0.2) is 48.0 Å². The van der Waals surface area contributed by atoms with Crippen molar-refractivity contribution in [2.45, 2.75) is 13.5 Å². The second-order valence-corrected chi connectivity index (χ2v) is 6.65. The van der Waals surface area contributed by atoms with Crippen LogP contribution in [0.3, 0.4) is 0 Å². The number of hydrogen-bond donors (Lipinski definition) is 2. The fourth-order valence-corrected chi connectivity index (χ4v) is 2.78. The molecule has 0 spiro atoms. The Balaban J connectivity index is 1.52. The summed E-state index contributed by atoms with van der Waals surface area (Å²) in [6.45, 7) is 2.36. The number of nitrogens with one attached hydrogen (secondary N) is 2. The number of anilines is 1. The summed E-state index contributed by atoms with van der Waals surface area (Å²) in [5.41, 5.74) is 6.84. The molecule has 0 saturated carbocycles. The molecule has 0 unspecified atom stereocenters. The molecule has 1 amide bonds. The lowest BCUT2D eigenvalue weighted by molar-refractivity contribution is -0.116. The summed E-state index contributed by atoms with van der Waals surface area (Å²) < 4.78 is 10.7. The van der Waals surface area contributed by atoms with E-state index in [0.29, 0.717) is 18.2 Å². The van der Waals surface area contributed by atoms with E-state index in [1.807, 2.05) is 36.6 Å². The number of ether oxygens (including phenoxy) is 2. The molecular formula is C19H19N5O3S. The van der Waals surface area contributed by atoms with Crippen LogP contribution in [-0.2, 0) is 11.4 Å². The third-order valence-corrected chi connectivity index (χ3v) is 4.30. The molecule has 2 N–H and O–H groups in total. The fourth-order valence-electron chi connectivity index (χ4n) is 2.19. The first kappa shape index (κ1) is 19.3. The highest BCUT2D eigenvalue weighted by atomic mass is 32.1. The highest BCUT2D eigenvalue weighted by Gasteiger charge is 2.02. The number of nitrogens with zero attached hydrogens (tertiary/aromatic N) is 3. The largest absolute Gasteiger partial charge is 0.487 e. The van der Waals surface area contributed by atoms with E-state index in [0.717, 1.165) is 16.3 Å². The second kappa shape index (κ2) is 9.47. The summed E-state index contributed by atoms with van der Waals surface area (Å²) in [5.74, 6) is 0.979. The van der Waals surface area contributed by atoms with Crippen molar-refractivity contribution in [3.63, 3.8) is 0 Å². The van der Waals surface area contributed by atoms with Crippen LogP contribution in [-0.4, -0.2) is 28.0 Å². The molecule has 0 atom stereocenters. The van der Waals surface area contributed by atoms with Gasteiger partial charge in [-0.1, -0.05) is 12.1 Å². The van der Waals surface area contributed by atoms with Gasteiger partial charge in [-0.05, 0) is 30.7 Å². The Labute approximate surface area is 166 Å². The quantitative estimate of drug-likeness (QED) is 0.445. The van der Waals surface area contributed by atoms with Crippen molar-refractivity contribution >= 4 is 29.3 Å². The number of methoxy groups -OCH3 is 1. The van der Waals surface area contributed by atoms with Crippen molar-refractivity contribution in [1.29, 1.82) is 0 Å². The van der Waals surface area contributed by atoms with Gasteiger partial charge in [0.2, 0.25) is 11.8 Å². The lowest BCUT2D eigenvalue weighted by Crippen LogP contribution is -2.28. The number of amides is 1. The Morgan fingerprint density at radius 2 is 2.18 bits per heavy atom. The Morgan fingerprint density at radius 3 is 2.96 bits per heavy atom. The second-order valence-electron chi connectivity index (χ2n) is 5.59. The molecule has 2 heterocycles. The standard InChI is InChI=1S/C19H19N5O3S/c1-13-21-15(12-28-13)11-27-16-5-3-4-14(10-16)6-7-17(25)23-24-19-20-9-8-18(22-19)26-2/h3-10,12H,11H2,1-2H3,(H,23,25)(H,20,22,24)/b7-6+. The van der Waals surface area contributed by atoms with Crippen LogP contribution in [0, 0.1) is 6.92 Å². The average molecular weight is 397 g/mol. The number of carbonyl (C=O) groups is 1. The molecule has 8 nitrogen and oxygen atoms in total. The smallest absolute Gasteiger partial charge is 0.262 e. The van der Waals surface area contributed by atoms with Crippen LogP contribution in [0.2, 0.25) is 0 Å². The topological polar surface area (TPSA) is 98.3 Å². The summed E-state index contributed by atoms with van der Waals surface area (Å²) in [5, 5.41) is 2.98. The van der Waals surface area contributed by atoms with Gasteiger partial charge in [-0.15, -0.1) is 11.3 Å². The summed E-state index contributed by atoms with van der Waals surface area (Å²) in [6, 6.07) is 9.06. The number of rotatable bonds is 8. The predicted octanol–water partition coefficient (Wildman–Crippen LogP) is 2.99. The third-order valence-electron chi connectivity index (χ3n) is 3.48. The molecule has 9 heteroatoms. The zero-order chi connectivity index (χ0) is 19.8. The molecule has 3 aromatic rings. The lowest BCUT2D eigenvalue weighted by Gasteiger charge is -2.06. The van der Waals surface area contributed by atoms with Crippen LogP contribution < -0.4 is 20.3 Å².